The SMILES string of the molecule is CCc1ccc(S(=O)(=O)NCc2cccc(Cl)c2)cc1N. The summed E-state index contributed by atoms with van der Waals surface area (Å²) in [6, 6.07) is 11.8. The van der Waals surface area contributed by atoms with Crippen molar-refractivity contribution < 1.29 is 8.42 Å². The maximum atomic E-state index is 12.2. The summed E-state index contributed by atoms with van der Waals surface area (Å²) >= 11 is 5.87. The van der Waals surface area contributed by atoms with E-state index in [-0.39, 0.29) is 11.4 Å². The summed E-state index contributed by atoms with van der Waals surface area (Å²) < 4.78 is 27.0. The molecule has 0 amide bonds. The van der Waals surface area contributed by atoms with Crippen molar-refractivity contribution in [3.05, 3.63) is 58.6 Å². The summed E-state index contributed by atoms with van der Waals surface area (Å²) in [5.41, 5.74) is 8.06. The quantitative estimate of drug-likeness (QED) is 0.830. The Balaban J connectivity index is 2.17. The van der Waals surface area contributed by atoms with Crippen LogP contribution >= 0.6 is 11.6 Å². The van der Waals surface area contributed by atoms with E-state index in [4.69, 9.17) is 17.3 Å². The van der Waals surface area contributed by atoms with Crippen molar-refractivity contribution in [3.8, 4) is 0 Å². The van der Waals surface area contributed by atoms with Crippen molar-refractivity contribution in [1.29, 1.82) is 0 Å². The van der Waals surface area contributed by atoms with Crippen LogP contribution in [0, 0.1) is 0 Å². The van der Waals surface area contributed by atoms with Gasteiger partial charge >= 0.3 is 0 Å². The summed E-state index contributed by atoms with van der Waals surface area (Å²) in [5, 5.41) is 0.572. The monoisotopic (exact) mass is 324 g/mol. The molecule has 0 aliphatic heterocycles. The fourth-order valence-corrected chi connectivity index (χ4v) is 3.24. The minimum absolute atomic E-state index is 0.166. The first-order valence-electron chi connectivity index (χ1n) is 6.55. The standard InChI is InChI=1S/C15H17ClN2O2S/c1-2-12-6-7-14(9-15(12)17)21(19,20)18-10-11-4-3-5-13(16)8-11/h3-9,18H,2,10,17H2,1H3. The van der Waals surface area contributed by atoms with Gasteiger partial charge in [-0.05, 0) is 41.8 Å². The molecule has 3 N–H and O–H groups in total. The highest BCUT2D eigenvalue weighted by Crippen LogP contribution is 2.19. The number of rotatable bonds is 5. The summed E-state index contributed by atoms with van der Waals surface area (Å²) in [6.07, 6.45) is 0.766. The van der Waals surface area contributed by atoms with Crippen LogP contribution in [0.4, 0.5) is 5.69 Å². The Kier molecular flexibility index (Phi) is 4.88. The van der Waals surface area contributed by atoms with E-state index in [1.807, 2.05) is 13.0 Å². The Hall–Kier alpha value is -1.56. The summed E-state index contributed by atoms with van der Waals surface area (Å²) in [4.78, 5) is 0.166. The Labute approximate surface area is 130 Å². The van der Waals surface area contributed by atoms with Crippen LogP contribution in [0.3, 0.4) is 0 Å². The Morgan fingerprint density at radius 3 is 2.57 bits per heavy atom. The van der Waals surface area contributed by atoms with Gasteiger partial charge in [0.05, 0.1) is 4.90 Å². The molecule has 0 radical (unpaired) electrons. The molecule has 2 rings (SSSR count). The van der Waals surface area contributed by atoms with E-state index < -0.39 is 10.0 Å². The summed E-state index contributed by atoms with van der Waals surface area (Å²) in [6.45, 7) is 2.15. The predicted octanol–water partition coefficient (Wildman–Crippen LogP) is 2.96. The molecule has 21 heavy (non-hydrogen) atoms. The van der Waals surface area contributed by atoms with Gasteiger partial charge in [-0.2, -0.15) is 0 Å². The number of hydrogen-bond donors (Lipinski definition) is 2. The molecule has 0 fully saturated rings. The normalized spacial score (nSPS) is 11.5. The number of halogens is 1. The van der Waals surface area contributed by atoms with Gasteiger partial charge in [-0.1, -0.05) is 36.7 Å². The van der Waals surface area contributed by atoms with Crippen LogP contribution in [0.15, 0.2) is 47.4 Å². The third-order valence-electron chi connectivity index (χ3n) is 3.16. The number of nitrogen functional groups attached to an aromatic ring is 1. The maximum absolute atomic E-state index is 12.2. The number of benzene rings is 2. The highest BCUT2D eigenvalue weighted by Gasteiger charge is 2.15. The van der Waals surface area contributed by atoms with Gasteiger partial charge in [0.2, 0.25) is 10.0 Å². The van der Waals surface area contributed by atoms with E-state index >= 15 is 0 Å². The molecule has 0 spiro atoms. The number of hydrogen-bond acceptors (Lipinski definition) is 3. The van der Waals surface area contributed by atoms with E-state index in [0.717, 1.165) is 17.5 Å². The van der Waals surface area contributed by atoms with Gasteiger partial charge in [0.1, 0.15) is 0 Å². The van der Waals surface area contributed by atoms with Gasteiger partial charge in [0.25, 0.3) is 0 Å². The minimum atomic E-state index is -3.59. The van der Waals surface area contributed by atoms with Crippen LogP contribution in [-0.4, -0.2) is 8.42 Å². The number of anilines is 1. The molecule has 0 saturated carbocycles. The number of aryl methyl sites for hydroxylation is 1. The van der Waals surface area contributed by atoms with Crippen molar-refractivity contribution in [2.75, 3.05) is 5.73 Å². The second-order valence-corrected chi connectivity index (χ2v) is 6.87. The zero-order valence-corrected chi connectivity index (χ0v) is 13.2. The molecule has 2 aromatic carbocycles. The lowest BCUT2D eigenvalue weighted by Gasteiger charge is -2.09. The molecular weight excluding hydrogens is 308 g/mol. The van der Waals surface area contributed by atoms with Crippen molar-refractivity contribution in [2.24, 2.45) is 0 Å². The third kappa shape index (κ3) is 3.97. The van der Waals surface area contributed by atoms with Crippen molar-refractivity contribution in [2.45, 2.75) is 24.8 Å². The van der Waals surface area contributed by atoms with Gasteiger partial charge in [-0.25, -0.2) is 13.1 Å². The van der Waals surface area contributed by atoms with Crippen LogP contribution < -0.4 is 10.5 Å². The van der Waals surface area contributed by atoms with E-state index in [2.05, 4.69) is 4.72 Å². The van der Waals surface area contributed by atoms with Gasteiger partial charge in [-0.3, -0.25) is 0 Å². The molecule has 6 heteroatoms. The second-order valence-electron chi connectivity index (χ2n) is 4.67. The van der Waals surface area contributed by atoms with Gasteiger partial charge in [-0.15, -0.1) is 0 Å². The minimum Gasteiger partial charge on any atom is -0.398 e. The first kappa shape index (κ1) is 15.8. The molecular formula is C15H17ClN2O2S. The summed E-state index contributed by atoms with van der Waals surface area (Å²) in [7, 11) is -3.59. The highest BCUT2D eigenvalue weighted by atomic mass is 35.5. The lowest BCUT2D eigenvalue weighted by Crippen LogP contribution is -2.23. The van der Waals surface area contributed by atoms with Crippen molar-refractivity contribution in [1.82, 2.24) is 4.72 Å². The molecule has 0 unspecified atom stereocenters. The number of nitrogens with one attached hydrogen (secondary N) is 1. The fourth-order valence-electron chi connectivity index (χ4n) is 1.97. The van der Waals surface area contributed by atoms with Crippen LogP contribution in [0.25, 0.3) is 0 Å². The molecule has 0 atom stereocenters. The predicted molar refractivity (Wildman–Crippen MR) is 85.7 cm³/mol. The van der Waals surface area contributed by atoms with Crippen molar-refractivity contribution in [3.63, 3.8) is 0 Å². The van der Waals surface area contributed by atoms with E-state index in [0.29, 0.717) is 10.7 Å². The van der Waals surface area contributed by atoms with Crippen LogP contribution in [-0.2, 0) is 23.0 Å². The average molecular weight is 325 g/mol. The zero-order valence-electron chi connectivity index (χ0n) is 11.6. The molecule has 0 aromatic heterocycles. The largest absolute Gasteiger partial charge is 0.398 e. The molecule has 4 nitrogen and oxygen atoms in total. The average Bonchev–Trinajstić information content (AvgIpc) is 2.45. The van der Waals surface area contributed by atoms with Gasteiger partial charge in [0.15, 0.2) is 0 Å². The lowest BCUT2D eigenvalue weighted by molar-refractivity contribution is 0.581. The van der Waals surface area contributed by atoms with Crippen LogP contribution in [0.1, 0.15) is 18.1 Å². The molecule has 0 aliphatic rings. The summed E-state index contributed by atoms with van der Waals surface area (Å²) in [5.74, 6) is 0. The number of nitrogens with two attached hydrogens (primary N) is 1. The molecule has 0 heterocycles. The molecule has 0 saturated heterocycles. The molecule has 112 valence electrons. The van der Waals surface area contributed by atoms with Crippen LogP contribution in [0.5, 0.6) is 0 Å². The first-order valence-corrected chi connectivity index (χ1v) is 8.41. The Morgan fingerprint density at radius 2 is 1.95 bits per heavy atom. The first-order chi connectivity index (χ1) is 9.92. The molecule has 2 aromatic rings. The zero-order chi connectivity index (χ0) is 15.5. The van der Waals surface area contributed by atoms with Crippen molar-refractivity contribution >= 4 is 27.3 Å². The Bertz CT molecular complexity index is 745. The molecule has 0 aliphatic carbocycles. The smallest absolute Gasteiger partial charge is 0.240 e. The number of sulfonamides is 1. The maximum Gasteiger partial charge on any atom is 0.240 e. The lowest BCUT2D eigenvalue weighted by atomic mass is 10.1. The second kappa shape index (κ2) is 6.47. The third-order valence-corrected chi connectivity index (χ3v) is 4.80. The van der Waals surface area contributed by atoms with Crippen LogP contribution in [0.2, 0.25) is 5.02 Å². The van der Waals surface area contributed by atoms with E-state index in [9.17, 15) is 8.42 Å². The van der Waals surface area contributed by atoms with E-state index in [1.54, 1.807) is 30.3 Å². The molecule has 0 bridgehead atoms. The van der Waals surface area contributed by atoms with E-state index in [1.165, 1.54) is 6.07 Å². The highest BCUT2D eigenvalue weighted by molar-refractivity contribution is 7.89. The fraction of sp³-hybridized carbons (Fsp3) is 0.200. The van der Waals surface area contributed by atoms with Gasteiger partial charge in [0, 0.05) is 17.3 Å². The topological polar surface area (TPSA) is 72.2 Å². The van der Waals surface area contributed by atoms with Gasteiger partial charge < -0.3 is 5.73 Å². The Morgan fingerprint density at radius 1 is 1.19 bits per heavy atom.